The summed E-state index contributed by atoms with van der Waals surface area (Å²) in [6.07, 6.45) is 6.17. The SMILES string of the molecule is CN=C(NCC(c1ccc(F)cc1)N(C)C)NCC1(CCOC)CCCC1.I. The van der Waals surface area contributed by atoms with Crippen molar-refractivity contribution < 1.29 is 9.13 Å². The van der Waals surface area contributed by atoms with Crippen molar-refractivity contribution in [3.05, 3.63) is 35.6 Å². The number of guanidine groups is 1. The lowest BCUT2D eigenvalue weighted by Gasteiger charge is -2.31. The van der Waals surface area contributed by atoms with E-state index in [1.54, 1.807) is 14.2 Å². The van der Waals surface area contributed by atoms with Gasteiger partial charge in [0.2, 0.25) is 0 Å². The van der Waals surface area contributed by atoms with Gasteiger partial charge in [0.1, 0.15) is 5.82 Å². The lowest BCUT2D eigenvalue weighted by molar-refractivity contribution is 0.138. The van der Waals surface area contributed by atoms with Crippen molar-refractivity contribution in [3.8, 4) is 0 Å². The first-order valence-corrected chi connectivity index (χ1v) is 9.85. The van der Waals surface area contributed by atoms with E-state index in [1.165, 1.54) is 37.8 Å². The second kappa shape index (κ2) is 12.6. The van der Waals surface area contributed by atoms with Crippen molar-refractivity contribution in [2.75, 3.05) is 47.9 Å². The zero-order valence-electron chi connectivity index (χ0n) is 17.6. The smallest absolute Gasteiger partial charge is 0.191 e. The summed E-state index contributed by atoms with van der Waals surface area (Å²) in [5.74, 6) is 0.604. The number of likely N-dealkylation sites (N-methyl/N-ethyl adjacent to an activating group) is 1. The fourth-order valence-corrected chi connectivity index (χ4v) is 3.93. The largest absolute Gasteiger partial charge is 0.385 e. The second-order valence-corrected chi connectivity index (χ2v) is 7.79. The third kappa shape index (κ3) is 7.48. The average Bonchev–Trinajstić information content (AvgIpc) is 3.13. The predicted molar refractivity (Wildman–Crippen MR) is 125 cm³/mol. The molecule has 1 aromatic rings. The van der Waals surface area contributed by atoms with Crippen LogP contribution in [0.1, 0.15) is 43.7 Å². The summed E-state index contributed by atoms with van der Waals surface area (Å²) < 4.78 is 18.5. The van der Waals surface area contributed by atoms with Gasteiger partial charge in [-0.05, 0) is 56.5 Å². The number of benzene rings is 1. The maximum absolute atomic E-state index is 13.2. The molecule has 1 fully saturated rings. The Labute approximate surface area is 186 Å². The van der Waals surface area contributed by atoms with Crippen LogP contribution in [0, 0.1) is 11.2 Å². The molecule has 1 aliphatic carbocycles. The van der Waals surface area contributed by atoms with Crippen LogP contribution in [-0.2, 0) is 4.74 Å². The highest BCUT2D eigenvalue weighted by atomic mass is 127. The van der Waals surface area contributed by atoms with E-state index < -0.39 is 0 Å². The maximum Gasteiger partial charge on any atom is 0.191 e. The van der Waals surface area contributed by atoms with E-state index >= 15 is 0 Å². The number of rotatable bonds is 9. The highest BCUT2D eigenvalue weighted by Gasteiger charge is 2.33. The van der Waals surface area contributed by atoms with Gasteiger partial charge in [-0.15, -0.1) is 24.0 Å². The summed E-state index contributed by atoms with van der Waals surface area (Å²) in [4.78, 5) is 6.51. The first-order valence-electron chi connectivity index (χ1n) is 9.85. The second-order valence-electron chi connectivity index (χ2n) is 7.79. The van der Waals surface area contributed by atoms with Crippen molar-refractivity contribution in [3.63, 3.8) is 0 Å². The molecule has 0 heterocycles. The van der Waals surface area contributed by atoms with Gasteiger partial charge in [0.05, 0.1) is 6.04 Å². The van der Waals surface area contributed by atoms with Crippen molar-refractivity contribution in [2.24, 2.45) is 10.4 Å². The molecule has 1 aromatic carbocycles. The summed E-state index contributed by atoms with van der Waals surface area (Å²) in [5.41, 5.74) is 1.39. The van der Waals surface area contributed by atoms with E-state index in [0.29, 0.717) is 12.0 Å². The molecule has 1 atom stereocenters. The van der Waals surface area contributed by atoms with Crippen LogP contribution < -0.4 is 10.6 Å². The molecule has 28 heavy (non-hydrogen) atoms. The molecule has 0 spiro atoms. The van der Waals surface area contributed by atoms with Gasteiger partial charge in [0.15, 0.2) is 5.96 Å². The number of nitrogens with one attached hydrogen (secondary N) is 2. The van der Waals surface area contributed by atoms with Crippen LogP contribution >= 0.6 is 24.0 Å². The van der Waals surface area contributed by atoms with Crippen molar-refractivity contribution in [1.82, 2.24) is 15.5 Å². The van der Waals surface area contributed by atoms with Gasteiger partial charge in [-0.2, -0.15) is 0 Å². The van der Waals surface area contributed by atoms with Crippen molar-refractivity contribution in [2.45, 2.75) is 38.1 Å². The molecule has 0 aliphatic heterocycles. The number of nitrogens with zero attached hydrogens (tertiary/aromatic N) is 2. The molecule has 0 amide bonds. The normalized spacial score (nSPS) is 17.3. The lowest BCUT2D eigenvalue weighted by Crippen LogP contribution is -2.45. The molecule has 160 valence electrons. The Morgan fingerprint density at radius 2 is 1.86 bits per heavy atom. The van der Waals surface area contributed by atoms with Gasteiger partial charge in [0.25, 0.3) is 0 Å². The Kier molecular flexibility index (Phi) is 11.3. The van der Waals surface area contributed by atoms with Gasteiger partial charge in [-0.3, -0.25) is 4.99 Å². The molecule has 0 aromatic heterocycles. The highest BCUT2D eigenvalue weighted by molar-refractivity contribution is 14.0. The third-order valence-electron chi connectivity index (χ3n) is 5.70. The minimum Gasteiger partial charge on any atom is -0.385 e. The number of aliphatic imine (C=N–C) groups is 1. The zero-order chi connectivity index (χ0) is 19.7. The minimum absolute atomic E-state index is 0. The third-order valence-corrected chi connectivity index (χ3v) is 5.70. The Bertz CT molecular complexity index is 589. The molecule has 2 N–H and O–H groups in total. The van der Waals surface area contributed by atoms with E-state index in [9.17, 15) is 4.39 Å². The summed E-state index contributed by atoms with van der Waals surface area (Å²) in [5, 5.41) is 6.95. The Morgan fingerprint density at radius 3 is 2.39 bits per heavy atom. The van der Waals surface area contributed by atoms with E-state index in [-0.39, 0.29) is 35.8 Å². The summed E-state index contributed by atoms with van der Waals surface area (Å²) in [7, 11) is 7.64. The molecule has 1 aliphatic rings. The van der Waals surface area contributed by atoms with Crippen LogP contribution in [-0.4, -0.2) is 58.8 Å². The standard InChI is InChI=1S/C21H35FN4O.HI/c1-23-20(25-16-21(13-14-27-4)11-5-6-12-21)24-15-19(26(2)3)17-7-9-18(22)10-8-17;/h7-10,19H,5-6,11-16H2,1-4H3,(H2,23,24,25);1H. The Balaban J connectivity index is 0.00000392. The van der Waals surface area contributed by atoms with Gasteiger partial charge in [-0.1, -0.05) is 25.0 Å². The number of halogens is 2. The molecule has 2 rings (SSSR count). The molecule has 0 radical (unpaired) electrons. The topological polar surface area (TPSA) is 48.9 Å². The number of ether oxygens (including phenoxy) is 1. The molecule has 0 bridgehead atoms. The lowest BCUT2D eigenvalue weighted by atomic mass is 9.83. The fraction of sp³-hybridized carbons (Fsp3) is 0.667. The first kappa shape index (κ1) is 25.1. The molecular weight excluding hydrogens is 470 g/mol. The fourth-order valence-electron chi connectivity index (χ4n) is 3.93. The van der Waals surface area contributed by atoms with Gasteiger partial charge >= 0.3 is 0 Å². The molecule has 1 unspecified atom stereocenters. The zero-order valence-corrected chi connectivity index (χ0v) is 20.0. The van der Waals surface area contributed by atoms with Gasteiger partial charge in [-0.25, -0.2) is 4.39 Å². The number of hydrogen-bond acceptors (Lipinski definition) is 3. The van der Waals surface area contributed by atoms with Crippen LogP contribution in [0.3, 0.4) is 0 Å². The summed E-state index contributed by atoms with van der Waals surface area (Å²) in [6, 6.07) is 6.85. The number of methoxy groups -OCH3 is 1. The maximum atomic E-state index is 13.2. The van der Waals surface area contributed by atoms with Gasteiger partial charge in [0, 0.05) is 33.9 Å². The molecule has 0 saturated heterocycles. The monoisotopic (exact) mass is 506 g/mol. The van der Waals surface area contributed by atoms with E-state index in [4.69, 9.17) is 4.74 Å². The number of hydrogen-bond donors (Lipinski definition) is 2. The van der Waals surface area contributed by atoms with E-state index in [0.717, 1.165) is 31.1 Å². The molecular formula is C21H36FIN4O. The quantitative estimate of drug-likeness (QED) is 0.304. The van der Waals surface area contributed by atoms with Crippen molar-refractivity contribution >= 4 is 29.9 Å². The van der Waals surface area contributed by atoms with Crippen LogP contribution in [0.2, 0.25) is 0 Å². The minimum atomic E-state index is -0.209. The van der Waals surface area contributed by atoms with Gasteiger partial charge < -0.3 is 20.3 Å². The van der Waals surface area contributed by atoms with Crippen LogP contribution in [0.25, 0.3) is 0 Å². The predicted octanol–water partition coefficient (Wildman–Crippen LogP) is 3.81. The summed E-state index contributed by atoms with van der Waals surface area (Å²) in [6.45, 7) is 2.42. The first-order chi connectivity index (χ1) is 13.0. The molecule has 7 heteroatoms. The Hall–Kier alpha value is -0.930. The average molecular weight is 506 g/mol. The van der Waals surface area contributed by atoms with Crippen LogP contribution in [0.5, 0.6) is 0 Å². The van der Waals surface area contributed by atoms with E-state index in [2.05, 4.69) is 20.5 Å². The summed E-state index contributed by atoms with van der Waals surface area (Å²) >= 11 is 0. The van der Waals surface area contributed by atoms with Crippen LogP contribution in [0.15, 0.2) is 29.3 Å². The molecule has 1 saturated carbocycles. The van der Waals surface area contributed by atoms with Crippen LogP contribution in [0.4, 0.5) is 4.39 Å². The Morgan fingerprint density at radius 1 is 1.21 bits per heavy atom. The highest BCUT2D eigenvalue weighted by Crippen LogP contribution is 2.40. The van der Waals surface area contributed by atoms with Crippen molar-refractivity contribution in [1.29, 1.82) is 0 Å². The van der Waals surface area contributed by atoms with E-state index in [1.807, 2.05) is 26.2 Å². The molecule has 5 nitrogen and oxygen atoms in total.